The zero-order chi connectivity index (χ0) is 14.9. The third kappa shape index (κ3) is 3.25. The average molecular weight is 283 g/mol. The van der Waals surface area contributed by atoms with Gasteiger partial charge < -0.3 is 9.84 Å². The molecule has 1 aliphatic heterocycles. The summed E-state index contributed by atoms with van der Waals surface area (Å²) in [6.07, 6.45) is 4.83. The second-order valence-corrected chi connectivity index (χ2v) is 6.95. The van der Waals surface area contributed by atoms with Gasteiger partial charge in [-0.05, 0) is 39.0 Å². The molecule has 2 aliphatic rings. The van der Waals surface area contributed by atoms with Gasteiger partial charge in [0.15, 0.2) is 0 Å². The quantitative estimate of drug-likeness (QED) is 0.846. The van der Waals surface area contributed by atoms with E-state index < -0.39 is 23.7 Å². The molecule has 0 aromatic carbocycles. The standard InChI is InChI=1S/C15H25NO4/c1-15(2,3)20-14(19)16-9-8-11(12(16)13(17)18)10-6-4-5-7-10/h10-12H,4-9H2,1-3H3,(H,17,18)/t11-,12+/m1/s1. The Morgan fingerprint density at radius 3 is 2.25 bits per heavy atom. The minimum Gasteiger partial charge on any atom is -0.480 e. The summed E-state index contributed by atoms with van der Waals surface area (Å²) in [4.78, 5) is 25.2. The number of hydrogen-bond acceptors (Lipinski definition) is 3. The normalized spacial score (nSPS) is 27.9. The van der Waals surface area contributed by atoms with Crippen LogP contribution in [0.15, 0.2) is 0 Å². The van der Waals surface area contributed by atoms with Crippen molar-refractivity contribution in [3.8, 4) is 0 Å². The van der Waals surface area contributed by atoms with Crippen molar-refractivity contribution >= 4 is 12.1 Å². The van der Waals surface area contributed by atoms with Crippen molar-refractivity contribution in [1.82, 2.24) is 4.90 Å². The molecule has 114 valence electrons. The Hall–Kier alpha value is -1.26. The molecule has 0 spiro atoms. The molecular formula is C15H25NO4. The summed E-state index contributed by atoms with van der Waals surface area (Å²) in [6, 6.07) is -0.715. The summed E-state index contributed by atoms with van der Waals surface area (Å²) < 4.78 is 5.34. The van der Waals surface area contributed by atoms with Gasteiger partial charge in [-0.1, -0.05) is 25.7 Å². The summed E-state index contributed by atoms with van der Waals surface area (Å²) in [5.41, 5.74) is -0.592. The lowest BCUT2D eigenvalue weighted by Gasteiger charge is -2.29. The molecule has 20 heavy (non-hydrogen) atoms. The maximum atomic E-state index is 12.2. The number of nitrogens with zero attached hydrogens (tertiary/aromatic N) is 1. The van der Waals surface area contributed by atoms with Gasteiger partial charge >= 0.3 is 12.1 Å². The first-order chi connectivity index (χ1) is 9.29. The van der Waals surface area contributed by atoms with E-state index in [1.54, 1.807) is 20.8 Å². The molecule has 5 nitrogen and oxygen atoms in total. The van der Waals surface area contributed by atoms with Gasteiger partial charge in [-0.25, -0.2) is 9.59 Å². The minimum absolute atomic E-state index is 0.0857. The molecule has 0 bridgehead atoms. The highest BCUT2D eigenvalue weighted by atomic mass is 16.6. The van der Waals surface area contributed by atoms with Crippen LogP contribution in [0.2, 0.25) is 0 Å². The fraction of sp³-hybridized carbons (Fsp3) is 0.867. The monoisotopic (exact) mass is 283 g/mol. The molecule has 5 heteroatoms. The zero-order valence-electron chi connectivity index (χ0n) is 12.6. The number of aliphatic carboxylic acids is 1. The lowest BCUT2D eigenvalue weighted by atomic mass is 9.85. The smallest absolute Gasteiger partial charge is 0.411 e. The first-order valence-corrected chi connectivity index (χ1v) is 7.52. The van der Waals surface area contributed by atoms with Crippen LogP contribution in [0.25, 0.3) is 0 Å². The Bertz CT molecular complexity index is 382. The van der Waals surface area contributed by atoms with Crippen LogP contribution in [0.4, 0.5) is 4.79 Å². The number of amides is 1. The van der Waals surface area contributed by atoms with Crippen molar-refractivity contribution in [2.24, 2.45) is 11.8 Å². The summed E-state index contributed by atoms with van der Waals surface area (Å²) >= 11 is 0. The van der Waals surface area contributed by atoms with E-state index in [2.05, 4.69) is 0 Å². The van der Waals surface area contributed by atoms with Gasteiger partial charge in [0.2, 0.25) is 0 Å². The summed E-state index contributed by atoms with van der Waals surface area (Å²) in [5, 5.41) is 9.51. The number of carboxylic acids is 1. The van der Waals surface area contributed by atoms with Crippen LogP contribution in [0.1, 0.15) is 52.9 Å². The van der Waals surface area contributed by atoms with Crippen LogP contribution < -0.4 is 0 Å². The molecule has 0 aromatic rings. The van der Waals surface area contributed by atoms with Crippen molar-refractivity contribution in [1.29, 1.82) is 0 Å². The second-order valence-electron chi connectivity index (χ2n) is 6.95. The number of carboxylic acid groups (broad SMARTS) is 1. The van der Waals surface area contributed by atoms with Gasteiger partial charge in [-0.15, -0.1) is 0 Å². The molecule has 1 saturated carbocycles. The molecule has 2 fully saturated rings. The van der Waals surface area contributed by atoms with E-state index in [9.17, 15) is 14.7 Å². The average Bonchev–Trinajstić information content (AvgIpc) is 2.95. The van der Waals surface area contributed by atoms with Crippen molar-refractivity contribution in [3.63, 3.8) is 0 Å². The Kier molecular flexibility index (Phi) is 4.25. The van der Waals surface area contributed by atoms with Gasteiger partial charge in [0.25, 0.3) is 0 Å². The van der Waals surface area contributed by atoms with Gasteiger partial charge in [-0.3, -0.25) is 4.90 Å². The van der Waals surface area contributed by atoms with E-state index in [0.717, 1.165) is 19.3 Å². The Labute approximate surface area is 120 Å². The molecule has 0 unspecified atom stereocenters. The first-order valence-electron chi connectivity index (χ1n) is 7.52. The van der Waals surface area contributed by atoms with Crippen molar-refractivity contribution in [2.45, 2.75) is 64.5 Å². The Balaban J connectivity index is 2.09. The summed E-state index contributed by atoms with van der Waals surface area (Å²) in [7, 11) is 0. The predicted octanol–water partition coefficient (Wildman–Crippen LogP) is 2.89. The van der Waals surface area contributed by atoms with Gasteiger partial charge in [0.05, 0.1) is 0 Å². The van der Waals surface area contributed by atoms with Crippen LogP contribution in [-0.4, -0.2) is 40.3 Å². The van der Waals surface area contributed by atoms with E-state index in [0.29, 0.717) is 12.5 Å². The number of carbonyl (C=O) groups excluding carboxylic acids is 1. The molecule has 0 radical (unpaired) electrons. The van der Waals surface area contributed by atoms with Crippen LogP contribution in [-0.2, 0) is 9.53 Å². The molecule has 1 amide bonds. The molecule has 0 aromatic heterocycles. The molecule has 1 saturated heterocycles. The molecule has 2 rings (SSSR count). The van der Waals surface area contributed by atoms with Gasteiger partial charge in [0.1, 0.15) is 11.6 Å². The Morgan fingerprint density at radius 1 is 1.15 bits per heavy atom. The second kappa shape index (κ2) is 5.62. The fourth-order valence-electron chi connectivity index (χ4n) is 3.54. The molecular weight excluding hydrogens is 258 g/mol. The molecule has 1 heterocycles. The minimum atomic E-state index is -0.898. The lowest BCUT2D eigenvalue weighted by molar-refractivity contribution is -0.144. The van der Waals surface area contributed by atoms with E-state index in [4.69, 9.17) is 4.74 Å². The molecule has 1 N–H and O–H groups in total. The third-order valence-electron chi connectivity index (χ3n) is 4.33. The van der Waals surface area contributed by atoms with Crippen LogP contribution >= 0.6 is 0 Å². The number of likely N-dealkylation sites (tertiary alicyclic amines) is 1. The predicted molar refractivity (Wildman–Crippen MR) is 74.4 cm³/mol. The largest absolute Gasteiger partial charge is 0.480 e. The maximum Gasteiger partial charge on any atom is 0.411 e. The van der Waals surface area contributed by atoms with Gasteiger partial charge in [0, 0.05) is 6.54 Å². The van der Waals surface area contributed by atoms with E-state index in [1.165, 1.54) is 17.7 Å². The molecule has 1 aliphatic carbocycles. The highest BCUT2D eigenvalue weighted by molar-refractivity contribution is 5.81. The summed E-state index contributed by atoms with van der Waals surface area (Å²) in [6.45, 7) is 5.88. The topological polar surface area (TPSA) is 66.8 Å². The highest BCUT2D eigenvalue weighted by Crippen LogP contribution is 2.40. The van der Waals surface area contributed by atoms with E-state index in [-0.39, 0.29) is 5.92 Å². The first kappa shape index (κ1) is 15.1. The van der Waals surface area contributed by atoms with Crippen LogP contribution in [0, 0.1) is 11.8 Å². The number of hydrogen-bond donors (Lipinski definition) is 1. The fourth-order valence-corrected chi connectivity index (χ4v) is 3.54. The highest BCUT2D eigenvalue weighted by Gasteiger charge is 2.46. The van der Waals surface area contributed by atoms with E-state index in [1.807, 2.05) is 0 Å². The number of ether oxygens (including phenoxy) is 1. The molecule has 2 atom stereocenters. The van der Waals surface area contributed by atoms with Crippen molar-refractivity contribution in [2.75, 3.05) is 6.54 Å². The van der Waals surface area contributed by atoms with E-state index >= 15 is 0 Å². The lowest BCUT2D eigenvalue weighted by Crippen LogP contribution is -2.46. The number of carbonyl (C=O) groups is 2. The van der Waals surface area contributed by atoms with Crippen LogP contribution in [0.5, 0.6) is 0 Å². The SMILES string of the molecule is CC(C)(C)OC(=O)N1CC[C@H](C2CCCC2)[C@H]1C(=O)O. The van der Waals surface area contributed by atoms with Crippen molar-refractivity contribution in [3.05, 3.63) is 0 Å². The Morgan fingerprint density at radius 2 is 1.75 bits per heavy atom. The zero-order valence-corrected chi connectivity index (χ0v) is 12.6. The van der Waals surface area contributed by atoms with Crippen molar-refractivity contribution < 1.29 is 19.4 Å². The maximum absolute atomic E-state index is 12.2. The van der Waals surface area contributed by atoms with Gasteiger partial charge in [-0.2, -0.15) is 0 Å². The number of rotatable bonds is 2. The third-order valence-corrected chi connectivity index (χ3v) is 4.33. The van der Waals surface area contributed by atoms with Crippen LogP contribution in [0.3, 0.4) is 0 Å². The summed E-state index contributed by atoms with van der Waals surface area (Å²) in [5.74, 6) is -0.365.